The molecule has 0 aliphatic heterocycles. The molecule has 1 unspecified atom stereocenters. The van der Waals surface area contributed by atoms with Crippen LogP contribution in [0, 0.1) is 6.92 Å². The lowest BCUT2D eigenvalue weighted by molar-refractivity contribution is 0.0905. The van der Waals surface area contributed by atoms with Crippen LogP contribution in [0.2, 0.25) is 0 Å². The SMILES string of the molecule is COCC(C)NC(=O)c1ccc(OC)c(COc2ccc(C)cc2)c1. The van der Waals surface area contributed by atoms with Gasteiger partial charge in [0.1, 0.15) is 18.1 Å². The van der Waals surface area contributed by atoms with Gasteiger partial charge in [-0.15, -0.1) is 0 Å². The smallest absolute Gasteiger partial charge is 0.251 e. The Kier molecular flexibility index (Phi) is 6.83. The Bertz CT molecular complexity index is 697. The Morgan fingerprint density at radius 2 is 1.84 bits per heavy atom. The van der Waals surface area contributed by atoms with Crippen molar-refractivity contribution in [1.29, 1.82) is 0 Å². The van der Waals surface area contributed by atoms with E-state index < -0.39 is 0 Å². The highest BCUT2D eigenvalue weighted by atomic mass is 16.5. The van der Waals surface area contributed by atoms with Gasteiger partial charge in [0, 0.05) is 24.3 Å². The number of hydrogen-bond donors (Lipinski definition) is 1. The summed E-state index contributed by atoms with van der Waals surface area (Å²) >= 11 is 0. The van der Waals surface area contributed by atoms with Gasteiger partial charge in [0.2, 0.25) is 0 Å². The maximum atomic E-state index is 12.3. The van der Waals surface area contributed by atoms with Crippen molar-refractivity contribution < 1.29 is 19.0 Å². The summed E-state index contributed by atoms with van der Waals surface area (Å²) in [6, 6.07) is 13.1. The van der Waals surface area contributed by atoms with Crippen molar-refractivity contribution in [2.45, 2.75) is 26.5 Å². The molecule has 134 valence electrons. The first-order valence-corrected chi connectivity index (χ1v) is 8.19. The summed E-state index contributed by atoms with van der Waals surface area (Å²) in [4.78, 5) is 12.3. The third-order valence-corrected chi connectivity index (χ3v) is 3.75. The van der Waals surface area contributed by atoms with Gasteiger partial charge in [0.05, 0.1) is 13.7 Å². The first kappa shape index (κ1) is 18.8. The molecular formula is C20H25NO4. The zero-order valence-corrected chi connectivity index (χ0v) is 15.2. The first-order valence-electron chi connectivity index (χ1n) is 8.19. The molecule has 0 aromatic heterocycles. The molecule has 0 saturated carbocycles. The standard InChI is InChI=1S/C20H25NO4/c1-14-5-8-18(9-6-14)25-13-17-11-16(7-10-19(17)24-4)20(22)21-15(2)12-23-3/h5-11,15H,12-13H2,1-4H3,(H,21,22). The van der Waals surface area contributed by atoms with Crippen molar-refractivity contribution in [3.05, 3.63) is 59.2 Å². The van der Waals surface area contributed by atoms with E-state index in [1.165, 1.54) is 5.56 Å². The molecule has 1 atom stereocenters. The number of benzene rings is 2. The highest BCUT2D eigenvalue weighted by Crippen LogP contribution is 2.22. The van der Waals surface area contributed by atoms with Gasteiger partial charge >= 0.3 is 0 Å². The average Bonchev–Trinajstić information content (AvgIpc) is 2.61. The van der Waals surface area contributed by atoms with Crippen molar-refractivity contribution in [2.75, 3.05) is 20.8 Å². The number of carbonyl (C=O) groups excluding carboxylic acids is 1. The molecule has 0 heterocycles. The molecule has 0 aliphatic rings. The van der Waals surface area contributed by atoms with E-state index in [4.69, 9.17) is 14.2 Å². The Hall–Kier alpha value is -2.53. The van der Waals surface area contributed by atoms with Gasteiger partial charge in [0.25, 0.3) is 5.91 Å². The molecule has 0 aliphatic carbocycles. The van der Waals surface area contributed by atoms with Crippen LogP contribution in [0.25, 0.3) is 0 Å². The van der Waals surface area contributed by atoms with Crippen molar-refractivity contribution in [3.8, 4) is 11.5 Å². The molecule has 25 heavy (non-hydrogen) atoms. The zero-order valence-electron chi connectivity index (χ0n) is 15.2. The summed E-state index contributed by atoms with van der Waals surface area (Å²) in [6.45, 7) is 4.71. The molecule has 2 aromatic carbocycles. The lowest BCUT2D eigenvalue weighted by atomic mass is 10.1. The minimum Gasteiger partial charge on any atom is -0.496 e. The minimum atomic E-state index is -0.149. The normalized spacial score (nSPS) is 11.7. The monoisotopic (exact) mass is 343 g/mol. The third kappa shape index (κ3) is 5.50. The molecule has 0 bridgehead atoms. The van der Waals surface area contributed by atoms with Gasteiger partial charge in [-0.25, -0.2) is 0 Å². The molecule has 2 rings (SSSR count). The Morgan fingerprint density at radius 1 is 1.12 bits per heavy atom. The summed E-state index contributed by atoms with van der Waals surface area (Å²) in [7, 11) is 3.21. The molecule has 0 radical (unpaired) electrons. The summed E-state index contributed by atoms with van der Waals surface area (Å²) in [5, 5.41) is 2.90. The summed E-state index contributed by atoms with van der Waals surface area (Å²) < 4.78 is 16.2. The number of rotatable bonds is 8. The minimum absolute atomic E-state index is 0.0631. The van der Waals surface area contributed by atoms with Crippen LogP contribution in [-0.4, -0.2) is 32.8 Å². The Balaban J connectivity index is 2.10. The largest absolute Gasteiger partial charge is 0.496 e. The number of nitrogens with one attached hydrogen (secondary N) is 1. The van der Waals surface area contributed by atoms with E-state index in [1.54, 1.807) is 32.4 Å². The molecule has 1 amide bonds. The fourth-order valence-electron chi connectivity index (χ4n) is 2.43. The quantitative estimate of drug-likeness (QED) is 0.799. The van der Waals surface area contributed by atoms with Gasteiger partial charge in [-0.3, -0.25) is 4.79 Å². The topological polar surface area (TPSA) is 56.8 Å². The van der Waals surface area contributed by atoms with E-state index in [-0.39, 0.29) is 11.9 Å². The van der Waals surface area contributed by atoms with Crippen LogP contribution >= 0.6 is 0 Å². The van der Waals surface area contributed by atoms with Crippen molar-refractivity contribution in [2.24, 2.45) is 0 Å². The summed E-state index contributed by atoms with van der Waals surface area (Å²) in [5.41, 5.74) is 2.55. The van der Waals surface area contributed by atoms with Crippen LogP contribution in [0.1, 0.15) is 28.4 Å². The van der Waals surface area contributed by atoms with E-state index in [9.17, 15) is 4.79 Å². The number of aryl methyl sites for hydroxylation is 1. The van der Waals surface area contributed by atoms with E-state index in [0.29, 0.717) is 24.5 Å². The number of methoxy groups -OCH3 is 2. The highest BCUT2D eigenvalue weighted by Gasteiger charge is 2.13. The summed E-state index contributed by atoms with van der Waals surface area (Å²) in [5.74, 6) is 1.31. The van der Waals surface area contributed by atoms with Crippen molar-refractivity contribution in [3.63, 3.8) is 0 Å². The van der Waals surface area contributed by atoms with Crippen LogP contribution in [-0.2, 0) is 11.3 Å². The van der Waals surface area contributed by atoms with Crippen LogP contribution < -0.4 is 14.8 Å². The summed E-state index contributed by atoms with van der Waals surface area (Å²) in [6.07, 6.45) is 0. The van der Waals surface area contributed by atoms with Crippen LogP contribution in [0.15, 0.2) is 42.5 Å². The zero-order chi connectivity index (χ0) is 18.2. The van der Waals surface area contributed by atoms with Crippen LogP contribution in [0.3, 0.4) is 0 Å². The maximum absolute atomic E-state index is 12.3. The molecule has 5 heteroatoms. The van der Waals surface area contributed by atoms with Gasteiger partial charge in [-0.1, -0.05) is 17.7 Å². The lowest BCUT2D eigenvalue weighted by Gasteiger charge is -2.15. The van der Waals surface area contributed by atoms with Crippen molar-refractivity contribution >= 4 is 5.91 Å². The fourth-order valence-corrected chi connectivity index (χ4v) is 2.43. The highest BCUT2D eigenvalue weighted by molar-refractivity contribution is 5.94. The van der Waals surface area contributed by atoms with E-state index in [0.717, 1.165) is 11.3 Å². The lowest BCUT2D eigenvalue weighted by Crippen LogP contribution is -2.35. The van der Waals surface area contributed by atoms with Gasteiger partial charge in [0.15, 0.2) is 0 Å². The Morgan fingerprint density at radius 3 is 2.48 bits per heavy atom. The maximum Gasteiger partial charge on any atom is 0.251 e. The second-order valence-electron chi connectivity index (χ2n) is 5.96. The molecule has 0 saturated heterocycles. The van der Waals surface area contributed by atoms with E-state index >= 15 is 0 Å². The number of hydrogen-bond acceptors (Lipinski definition) is 4. The van der Waals surface area contributed by atoms with Gasteiger partial charge < -0.3 is 19.5 Å². The third-order valence-electron chi connectivity index (χ3n) is 3.75. The number of amides is 1. The number of ether oxygens (including phenoxy) is 3. The van der Waals surface area contributed by atoms with E-state index in [1.807, 2.05) is 38.1 Å². The molecule has 5 nitrogen and oxygen atoms in total. The van der Waals surface area contributed by atoms with Crippen LogP contribution in [0.5, 0.6) is 11.5 Å². The Labute approximate surface area is 148 Å². The second-order valence-corrected chi connectivity index (χ2v) is 5.96. The molecule has 0 spiro atoms. The van der Waals surface area contributed by atoms with Crippen molar-refractivity contribution in [1.82, 2.24) is 5.32 Å². The second kappa shape index (κ2) is 9.08. The van der Waals surface area contributed by atoms with E-state index in [2.05, 4.69) is 5.32 Å². The molecule has 1 N–H and O–H groups in total. The first-order chi connectivity index (χ1) is 12.0. The molecule has 2 aromatic rings. The molecular weight excluding hydrogens is 318 g/mol. The van der Waals surface area contributed by atoms with Gasteiger partial charge in [-0.05, 0) is 44.2 Å². The van der Waals surface area contributed by atoms with Crippen LogP contribution in [0.4, 0.5) is 0 Å². The molecule has 0 fully saturated rings. The predicted molar refractivity (Wildman–Crippen MR) is 97.3 cm³/mol. The van der Waals surface area contributed by atoms with Gasteiger partial charge in [-0.2, -0.15) is 0 Å². The number of carbonyl (C=O) groups is 1. The predicted octanol–water partition coefficient (Wildman–Crippen LogP) is 3.35. The average molecular weight is 343 g/mol. The fraction of sp³-hybridized carbons (Fsp3) is 0.350.